The molecule has 8 heteroatoms. The van der Waals surface area contributed by atoms with E-state index < -0.39 is 16.1 Å². The van der Waals surface area contributed by atoms with Gasteiger partial charge in [-0.25, -0.2) is 22.8 Å². The van der Waals surface area contributed by atoms with Gasteiger partial charge in [0.25, 0.3) is 0 Å². The van der Waals surface area contributed by atoms with Crippen molar-refractivity contribution in [2.24, 2.45) is 0 Å². The second-order valence-corrected chi connectivity index (χ2v) is 7.45. The highest BCUT2D eigenvalue weighted by Crippen LogP contribution is 2.21. The molecule has 0 aliphatic heterocycles. The summed E-state index contributed by atoms with van der Waals surface area (Å²) in [6.07, 6.45) is 4.55. The Morgan fingerprint density at radius 3 is 2.50 bits per heavy atom. The molecule has 2 aromatic rings. The first-order valence-electron chi connectivity index (χ1n) is 7.04. The third kappa shape index (κ3) is 3.69. The summed E-state index contributed by atoms with van der Waals surface area (Å²) >= 11 is 0. The fraction of sp³-hybridized carbons (Fsp3) is 0.500. The van der Waals surface area contributed by atoms with Crippen LogP contribution in [-0.4, -0.2) is 34.4 Å². The van der Waals surface area contributed by atoms with Gasteiger partial charge in [-0.05, 0) is 25.5 Å². The fourth-order valence-electron chi connectivity index (χ4n) is 2.12. The lowest BCUT2D eigenvalue weighted by atomic mass is 10.2. The Labute approximate surface area is 130 Å². The molecule has 1 N–H and O–H groups in total. The van der Waals surface area contributed by atoms with Gasteiger partial charge in [-0.3, -0.25) is 4.98 Å². The van der Waals surface area contributed by atoms with Gasteiger partial charge in [-0.1, -0.05) is 13.8 Å². The summed E-state index contributed by atoms with van der Waals surface area (Å²) in [6, 6.07) is 1.35. The average Bonchev–Trinajstić information content (AvgIpc) is 2.82. The van der Waals surface area contributed by atoms with Crippen molar-refractivity contribution in [1.29, 1.82) is 0 Å². The quantitative estimate of drug-likeness (QED) is 0.904. The number of rotatable bonds is 5. The van der Waals surface area contributed by atoms with E-state index in [0.717, 1.165) is 17.5 Å². The molecule has 2 heterocycles. The number of sulfonamides is 1. The number of nitrogens with one attached hydrogen (secondary N) is 1. The lowest BCUT2D eigenvalue weighted by Gasteiger charge is -2.14. The van der Waals surface area contributed by atoms with Crippen LogP contribution in [0, 0.1) is 6.92 Å². The second kappa shape index (κ2) is 6.13. The van der Waals surface area contributed by atoms with E-state index in [1.807, 2.05) is 26.8 Å². The predicted molar refractivity (Wildman–Crippen MR) is 84.4 cm³/mol. The third-order valence-corrected chi connectivity index (χ3v) is 3.94. The van der Waals surface area contributed by atoms with Crippen molar-refractivity contribution in [3.05, 3.63) is 35.7 Å². The molecule has 0 saturated heterocycles. The molecule has 0 fully saturated rings. The van der Waals surface area contributed by atoms with Crippen LogP contribution in [0.3, 0.4) is 0 Å². The van der Waals surface area contributed by atoms with E-state index in [4.69, 9.17) is 0 Å². The minimum atomic E-state index is -3.34. The molecular formula is C14H21N5O2S. The summed E-state index contributed by atoms with van der Waals surface area (Å²) in [5.74, 6) is 1.38. The summed E-state index contributed by atoms with van der Waals surface area (Å²) in [5.41, 5.74) is 1.78. The van der Waals surface area contributed by atoms with Gasteiger partial charge in [-0.15, -0.1) is 0 Å². The smallest absolute Gasteiger partial charge is 0.209 e. The maximum atomic E-state index is 11.5. The summed E-state index contributed by atoms with van der Waals surface area (Å²) in [5, 5.41) is 4.53. The zero-order valence-corrected chi connectivity index (χ0v) is 14.2. The summed E-state index contributed by atoms with van der Waals surface area (Å²) in [4.78, 5) is 8.59. The van der Waals surface area contributed by atoms with E-state index in [9.17, 15) is 8.42 Å². The topological polar surface area (TPSA) is 89.8 Å². The first-order chi connectivity index (χ1) is 10.2. The molecule has 0 radical (unpaired) electrons. The minimum absolute atomic E-state index is 0.146. The maximum absolute atomic E-state index is 11.5. The highest BCUT2D eigenvalue weighted by molar-refractivity contribution is 7.88. The number of hydrogen-bond acceptors (Lipinski definition) is 5. The van der Waals surface area contributed by atoms with Crippen LogP contribution in [0.15, 0.2) is 18.5 Å². The molecule has 0 saturated carbocycles. The van der Waals surface area contributed by atoms with Crippen molar-refractivity contribution >= 4 is 10.0 Å². The molecule has 0 unspecified atom stereocenters. The Bertz CT molecular complexity index is 767. The van der Waals surface area contributed by atoms with Crippen molar-refractivity contribution in [2.75, 3.05) is 6.26 Å². The molecular weight excluding hydrogens is 302 g/mol. The van der Waals surface area contributed by atoms with Crippen LogP contribution in [0.4, 0.5) is 0 Å². The molecule has 0 aromatic carbocycles. The molecule has 0 spiro atoms. The maximum Gasteiger partial charge on any atom is 0.209 e. The van der Waals surface area contributed by atoms with Gasteiger partial charge in [0.2, 0.25) is 10.0 Å². The van der Waals surface area contributed by atoms with Gasteiger partial charge in [0.15, 0.2) is 5.82 Å². The minimum Gasteiger partial charge on any atom is -0.264 e. The zero-order valence-electron chi connectivity index (χ0n) is 13.4. The number of nitrogens with zero attached hydrogens (tertiary/aromatic N) is 4. The standard InChI is InChI=1S/C14H21N5O2S/c1-9(2)13-16-14(11(4)18-22(5,20)21)19(17-13)12-6-7-15-8-10(12)3/h6-9,11,18H,1-5H3/t11-/m0/s1. The van der Waals surface area contributed by atoms with Crippen LogP contribution in [0.5, 0.6) is 0 Å². The SMILES string of the molecule is Cc1cnccc1-n1nc(C(C)C)nc1[C@H](C)NS(C)(=O)=O. The van der Waals surface area contributed by atoms with E-state index in [1.54, 1.807) is 24.0 Å². The first kappa shape index (κ1) is 16.6. The third-order valence-electron chi connectivity index (χ3n) is 3.16. The monoisotopic (exact) mass is 323 g/mol. The van der Waals surface area contributed by atoms with Gasteiger partial charge in [0, 0.05) is 18.3 Å². The Kier molecular flexibility index (Phi) is 4.62. The van der Waals surface area contributed by atoms with Gasteiger partial charge in [0.05, 0.1) is 18.0 Å². The molecule has 7 nitrogen and oxygen atoms in total. The molecule has 0 aliphatic rings. The fourth-order valence-corrected chi connectivity index (χ4v) is 2.87. The van der Waals surface area contributed by atoms with Gasteiger partial charge in [-0.2, -0.15) is 5.10 Å². The van der Waals surface area contributed by atoms with E-state index in [-0.39, 0.29) is 5.92 Å². The van der Waals surface area contributed by atoms with Crippen LogP contribution in [0.25, 0.3) is 5.69 Å². The van der Waals surface area contributed by atoms with Crippen LogP contribution < -0.4 is 4.72 Å². The molecule has 0 bridgehead atoms. The van der Waals surface area contributed by atoms with Gasteiger partial charge < -0.3 is 0 Å². The highest BCUT2D eigenvalue weighted by Gasteiger charge is 2.22. The van der Waals surface area contributed by atoms with E-state index in [1.165, 1.54) is 0 Å². The number of aromatic nitrogens is 4. The molecule has 2 rings (SSSR count). The molecule has 22 heavy (non-hydrogen) atoms. The second-order valence-electron chi connectivity index (χ2n) is 5.67. The molecule has 0 aliphatic carbocycles. The largest absolute Gasteiger partial charge is 0.264 e. The summed E-state index contributed by atoms with van der Waals surface area (Å²) in [6.45, 7) is 7.68. The summed E-state index contributed by atoms with van der Waals surface area (Å²) < 4.78 is 27.2. The van der Waals surface area contributed by atoms with E-state index in [0.29, 0.717) is 11.6 Å². The average molecular weight is 323 g/mol. The molecule has 2 aromatic heterocycles. The van der Waals surface area contributed by atoms with E-state index in [2.05, 4.69) is 19.8 Å². The van der Waals surface area contributed by atoms with Crippen molar-refractivity contribution in [3.8, 4) is 5.69 Å². The van der Waals surface area contributed by atoms with E-state index >= 15 is 0 Å². The Morgan fingerprint density at radius 2 is 1.95 bits per heavy atom. The van der Waals surface area contributed by atoms with Gasteiger partial charge in [0.1, 0.15) is 5.82 Å². The van der Waals surface area contributed by atoms with Crippen LogP contribution in [0.2, 0.25) is 0 Å². The van der Waals surface area contributed by atoms with Gasteiger partial charge >= 0.3 is 0 Å². The first-order valence-corrected chi connectivity index (χ1v) is 8.93. The normalized spacial score (nSPS) is 13.5. The summed E-state index contributed by atoms with van der Waals surface area (Å²) in [7, 11) is -3.34. The zero-order chi connectivity index (χ0) is 16.5. The van der Waals surface area contributed by atoms with Crippen LogP contribution in [-0.2, 0) is 10.0 Å². The lowest BCUT2D eigenvalue weighted by molar-refractivity contribution is 0.560. The molecule has 0 amide bonds. The lowest BCUT2D eigenvalue weighted by Crippen LogP contribution is -2.27. The predicted octanol–water partition coefficient (Wildman–Crippen LogP) is 1.70. The van der Waals surface area contributed by atoms with Crippen LogP contribution >= 0.6 is 0 Å². The number of aryl methyl sites for hydroxylation is 1. The number of hydrogen-bond donors (Lipinski definition) is 1. The number of pyridine rings is 1. The van der Waals surface area contributed by atoms with Crippen molar-refractivity contribution in [1.82, 2.24) is 24.5 Å². The Balaban J connectivity index is 2.55. The highest BCUT2D eigenvalue weighted by atomic mass is 32.2. The van der Waals surface area contributed by atoms with Crippen molar-refractivity contribution in [3.63, 3.8) is 0 Å². The Hall–Kier alpha value is -1.80. The van der Waals surface area contributed by atoms with Crippen LogP contribution in [0.1, 0.15) is 49.9 Å². The van der Waals surface area contributed by atoms with Crippen molar-refractivity contribution < 1.29 is 8.42 Å². The molecule has 120 valence electrons. The van der Waals surface area contributed by atoms with Crippen molar-refractivity contribution in [2.45, 2.75) is 39.7 Å². The molecule has 1 atom stereocenters. The Morgan fingerprint density at radius 1 is 1.27 bits per heavy atom.